The van der Waals surface area contributed by atoms with E-state index in [1.807, 2.05) is 44.9 Å². The number of anilines is 1. The molecule has 7 rings (SSSR count). The summed E-state index contributed by atoms with van der Waals surface area (Å²) < 4.78 is 60.0. The fourth-order valence-corrected chi connectivity index (χ4v) is 15.3. The molecule has 3 aliphatic rings. The molecule has 5 heterocycles. The Labute approximate surface area is 348 Å². The lowest BCUT2D eigenvalue weighted by Crippen LogP contribution is -2.54. The molecule has 4 aromatic rings. The van der Waals surface area contributed by atoms with Crippen LogP contribution in [0.1, 0.15) is 87.1 Å². The van der Waals surface area contributed by atoms with Crippen molar-refractivity contribution in [3.05, 3.63) is 53.7 Å². The number of ether oxygens (including phenoxy) is 2. The molecule has 1 amide bonds. The molecule has 3 saturated heterocycles. The Morgan fingerprint density at radius 2 is 1.75 bits per heavy atom. The fraction of sp³-hybridized carbons (Fsp3) is 0.565. The topological polar surface area (TPSA) is 83.9 Å². The van der Waals surface area contributed by atoms with Crippen LogP contribution in [0.4, 0.5) is 23.8 Å². The Kier molecular flexibility index (Phi) is 11.7. The lowest BCUT2D eigenvalue weighted by molar-refractivity contribution is 0.000173. The van der Waals surface area contributed by atoms with Crippen LogP contribution in [0, 0.1) is 29.0 Å². The second-order valence-electron chi connectivity index (χ2n) is 19.0. The molecule has 316 valence electrons. The van der Waals surface area contributed by atoms with Crippen LogP contribution in [-0.4, -0.2) is 103 Å². The van der Waals surface area contributed by atoms with Crippen LogP contribution >= 0.6 is 0 Å². The molecule has 0 spiro atoms. The maximum Gasteiger partial charge on any atom is 0.410 e. The number of rotatable bonds is 10. The minimum atomic E-state index is -2.25. The lowest BCUT2D eigenvalue weighted by atomic mass is 9.95. The number of alkyl halides is 1. The van der Waals surface area contributed by atoms with E-state index in [2.05, 4.69) is 62.9 Å². The zero-order chi connectivity index (χ0) is 42.6. The third-order valence-electron chi connectivity index (χ3n) is 12.9. The highest BCUT2D eigenvalue weighted by Gasteiger charge is 2.49. The molecule has 3 fully saturated rings. The van der Waals surface area contributed by atoms with E-state index < -0.39 is 37.0 Å². The zero-order valence-corrected chi connectivity index (χ0v) is 37.3. The number of carbonyl (C=O) groups excluding carboxylic acids is 1. The lowest BCUT2D eigenvalue weighted by Gasteiger charge is -2.41. The van der Waals surface area contributed by atoms with Gasteiger partial charge in [-0.15, -0.1) is 5.54 Å². The maximum atomic E-state index is 17.4. The molecule has 0 unspecified atom stereocenters. The number of benzene rings is 2. The molecular formula is C46H59F3N6O3Si. The Balaban J connectivity index is 1.31. The summed E-state index contributed by atoms with van der Waals surface area (Å²) in [4.78, 5) is 32.6. The van der Waals surface area contributed by atoms with Crippen molar-refractivity contribution in [3.63, 3.8) is 0 Å². The summed E-state index contributed by atoms with van der Waals surface area (Å²) in [5, 5.41) is 1.59. The average Bonchev–Trinajstić information content (AvgIpc) is 3.67. The second kappa shape index (κ2) is 16.2. The van der Waals surface area contributed by atoms with E-state index in [1.165, 1.54) is 6.07 Å². The highest BCUT2D eigenvalue weighted by atomic mass is 28.3. The predicted molar refractivity (Wildman–Crippen MR) is 231 cm³/mol. The van der Waals surface area contributed by atoms with Gasteiger partial charge in [0, 0.05) is 62.7 Å². The van der Waals surface area contributed by atoms with E-state index in [1.54, 1.807) is 23.2 Å². The summed E-state index contributed by atoms with van der Waals surface area (Å²) in [6.07, 6.45) is 2.38. The Morgan fingerprint density at radius 1 is 1.03 bits per heavy atom. The number of amides is 1. The minimum absolute atomic E-state index is 0.00768. The van der Waals surface area contributed by atoms with Crippen LogP contribution in [0.25, 0.3) is 32.9 Å². The van der Waals surface area contributed by atoms with Gasteiger partial charge in [0.05, 0.1) is 16.5 Å². The quantitative estimate of drug-likeness (QED) is 0.116. The highest BCUT2D eigenvalue weighted by molar-refractivity contribution is 6.90. The summed E-state index contributed by atoms with van der Waals surface area (Å²) in [6.45, 7) is 21.7. The summed E-state index contributed by atoms with van der Waals surface area (Å²) in [6, 6.07) is 8.55. The largest absolute Gasteiger partial charge is 0.461 e. The summed E-state index contributed by atoms with van der Waals surface area (Å²) in [5.41, 5.74) is 4.29. The first-order valence-electron chi connectivity index (χ1n) is 21.2. The molecule has 13 heteroatoms. The molecule has 0 saturated carbocycles. The minimum Gasteiger partial charge on any atom is -0.461 e. The van der Waals surface area contributed by atoms with Crippen LogP contribution in [0.15, 0.2) is 36.5 Å². The standard InChI is InChI=1S/C46H59F3N6O3Si/c1-28(2)59(29(3)4,30(5)6)20-17-34-37(48)16-15-32-13-11-14-35(38(32)34)40-39(49)41-36(22-50-40)42(53(10)23-31-24-54(25-31)44(56)58-45(7,8)9)52-43(51-41)57-27-46-18-12-19-55(46)26-33(47)21-46/h11,13-16,22,28-31,33H,12,18-19,21,23-27H2,1-10H3/t33-,46+/m1/s1. The van der Waals surface area contributed by atoms with Crippen molar-refractivity contribution in [2.75, 3.05) is 51.3 Å². The summed E-state index contributed by atoms with van der Waals surface area (Å²) in [5.74, 6) is 2.69. The van der Waals surface area contributed by atoms with Gasteiger partial charge >= 0.3 is 12.1 Å². The molecule has 0 aliphatic carbocycles. The molecule has 0 N–H and O–H groups in total. The number of carbonyl (C=O) groups is 1. The van der Waals surface area contributed by atoms with Gasteiger partial charge in [0.25, 0.3) is 0 Å². The molecule has 0 bridgehead atoms. The molecule has 2 aromatic heterocycles. The molecule has 2 aromatic carbocycles. The third kappa shape index (κ3) is 8.11. The van der Waals surface area contributed by atoms with Crippen molar-refractivity contribution < 1.29 is 27.4 Å². The number of pyridine rings is 1. The van der Waals surface area contributed by atoms with Gasteiger partial charge in [0.1, 0.15) is 49.3 Å². The molecule has 0 radical (unpaired) electrons. The van der Waals surface area contributed by atoms with Gasteiger partial charge in [0.2, 0.25) is 0 Å². The summed E-state index contributed by atoms with van der Waals surface area (Å²) >= 11 is 0. The second-order valence-corrected chi connectivity index (χ2v) is 24.6. The van der Waals surface area contributed by atoms with Gasteiger partial charge < -0.3 is 19.3 Å². The SMILES string of the molecule is CC(C)[Si](C#Cc1c(F)ccc2cccc(-c3ncc4c(N(C)CC5CN(C(=O)OC(C)(C)C)C5)nc(OC[C@@]56CCCN5C[C@H](F)C6)nc4c3F)c12)(C(C)C)C(C)C. The van der Waals surface area contributed by atoms with Gasteiger partial charge in [-0.3, -0.25) is 9.88 Å². The van der Waals surface area contributed by atoms with Crippen LogP contribution in [0.2, 0.25) is 16.6 Å². The van der Waals surface area contributed by atoms with Crippen LogP contribution in [0.3, 0.4) is 0 Å². The van der Waals surface area contributed by atoms with Crippen molar-refractivity contribution in [2.24, 2.45) is 5.92 Å². The Hall–Kier alpha value is -4.41. The van der Waals surface area contributed by atoms with Gasteiger partial charge in [-0.1, -0.05) is 71.7 Å². The van der Waals surface area contributed by atoms with Crippen molar-refractivity contribution in [3.8, 4) is 28.7 Å². The van der Waals surface area contributed by atoms with Crippen molar-refractivity contribution in [2.45, 2.75) is 116 Å². The molecule has 2 atom stereocenters. The van der Waals surface area contributed by atoms with E-state index >= 15 is 8.78 Å². The van der Waals surface area contributed by atoms with Gasteiger partial charge in [0.15, 0.2) is 5.82 Å². The van der Waals surface area contributed by atoms with Gasteiger partial charge in [-0.2, -0.15) is 9.97 Å². The monoisotopic (exact) mass is 828 g/mol. The molecule has 59 heavy (non-hydrogen) atoms. The van der Waals surface area contributed by atoms with E-state index in [0.717, 1.165) is 24.8 Å². The van der Waals surface area contributed by atoms with E-state index in [9.17, 15) is 9.18 Å². The van der Waals surface area contributed by atoms with Gasteiger partial charge in [-0.05, 0) is 68.2 Å². The number of halogens is 3. The van der Waals surface area contributed by atoms with Crippen molar-refractivity contribution in [1.29, 1.82) is 0 Å². The fourth-order valence-electron chi connectivity index (χ4n) is 10.1. The first-order chi connectivity index (χ1) is 27.8. The van der Waals surface area contributed by atoms with E-state index in [-0.39, 0.29) is 41.4 Å². The molecule has 9 nitrogen and oxygen atoms in total. The number of fused-ring (bicyclic) bond motifs is 3. The van der Waals surface area contributed by atoms with E-state index in [0.29, 0.717) is 71.4 Å². The smallest absolute Gasteiger partial charge is 0.410 e. The van der Waals surface area contributed by atoms with Gasteiger partial charge in [-0.25, -0.2) is 18.0 Å². The number of nitrogens with zero attached hydrogens (tertiary/aromatic N) is 6. The zero-order valence-electron chi connectivity index (χ0n) is 36.3. The molecular weight excluding hydrogens is 770 g/mol. The number of hydrogen-bond donors (Lipinski definition) is 0. The van der Waals surface area contributed by atoms with Crippen molar-refractivity contribution >= 4 is 41.7 Å². The maximum absolute atomic E-state index is 17.4. The Morgan fingerprint density at radius 3 is 2.42 bits per heavy atom. The first kappa shape index (κ1) is 42.7. The average molecular weight is 829 g/mol. The van der Waals surface area contributed by atoms with Crippen LogP contribution in [0.5, 0.6) is 6.01 Å². The highest BCUT2D eigenvalue weighted by Crippen LogP contribution is 2.43. The van der Waals surface area contributed by atoms with E-state index in [4.69, 9.17) is 19.4 Å². The normalized spacial score (nSPS) is 20.1. The Bertz CT molecular complexity index is 2280. The number of likely N-dealkylation sites (tertiary alicyclic amines) is 1. The van der Waals surface area contributed by atoms with Crippen molar-refractivity contribution in [1.82, 2.24) is 24.8 Å². The van der Waals surface area contributed by atoms with Crippen LogP contribution in [-0.2, 0) is 4.74 Å². The molecule has 3 aliphatic heterocycles. The first-order valence-corrected chi connectivity index (χ1v) is 23.4. The number of hydrogen-bond acceptors (Lipinski definition) is 8. The summed E-state index contributed by atoms with van der Waals surface area (Å²) in [7, 11) is -0.387. The number of aromatic nitrogens is 3. The predicted octanol–water partition coefficient (Wildman–Crippen LogP) is 9.95. The third-order valence-corrected chi connectivity index (χ3v) is 19.2. The van der Waals surface area contributed by atoms with Crippen LogP contribution < -0.4 is 9.64 Å².